The average Bonchev–Trinajstić information content (AvgIpc) is 3.00. The van der Waals surface area contributed by atoms with Gasteiger partial charge in [-0.25, -0.2) is 4.79 Å². The number of ether oxygens (including phenoxy) is 3. The first-order chi connectivity index (χ1) is 21.5. The molecule has 0 radical (unpaired) electrons. The van der Waals surface area contributed by atoms with Gasteiger partial charge >= 0.3 is 5.97 Å². The fraction of sp³-hybridized carbons (Fsp3) is 0.385. The van der Waals surface area contributed by atoms with Gasteiger partial charge in [0.25, 0.3) is 0 Å². The number of ketones is 1. The minimum Gasteiger partial charge on any atom is -0.459 e. The van der Waals surface area contributed by atoms with Crippen molar-refractivity contribution in [2.24, 2.45) is 5.92 Å². The first-order valence-electron chi connectivity index (χ1n) is 15.7. The van der Waals surface area contributed by atoms with Crippen molar-refractivity contribution in [2.75, 3.05) is 6.61 Å². The van der Waals surface area contributed by atoms with Gasteiger partial charge in [-0.3, -0.25) is 4.79 Å². The SMILES string of the molecule is CC(C)=CCCC(C)=C[C@@H]1CC(C)=C[C@]2(C=C(COC(=O)C(Cl)(c3ccccc3)c3ccccc3)[C@H]3CC(=O)C(C)=C[C@H]3O2)O1. The van der Waals surface area contributed by atoms with Crippen LogP contribution in [0.2, 0.25) is 0 Å². The molecular formula is C39H43ClO5. The number of fused-ring (bicyclic) bond motifs is 1. The molecule has 0 saturated heterocycles. The number of benzene rings is 2. The normalized spacial score (nSPS) is 25.1. The van der Waals surface area contributed by atoms with Crippen LogP contribution in [0.3, 0.4) is 0 Å². The van der Waals surface area contributed by atoms with Gasteiger partial charge < -0.3 is 14.2 Å². The number of hydrogen-bond acceptors (Lipinski definition) is 5. The fourth-order valence-corrected chi connectivity index (χ4v) is 6.70. The molecule has 2 aliphatic heterocycles. The fourth-order valence-electron chi connectivity index (χ4n) is 6.39. The summed E-state index contributed by atoms with van der Waals surface area (Å²) in [6.07, 6.45) is 12.6. The van der Waals surface area contributed by atoms with E-state index in [0.29, 0.717) is 16.7 Å². The molecule has 4 atom stereocenters. The topological polar surface area (TPSA) is 61.8 Å². The average molecular weight is 627 g/mol. The summed E-state index contributed by atoms with van der Waals surface area (Å²) in [7, 11) is 0. The zero-order valence-corrected chi connectivity index (χ0v) is 27.6. The molecule has 0 aromatic heterocycles. The van der Waals surface area contributed by atoms with Crippen molar-refractivity contribution in [3.8, 4) is 0 Å². The van der Waals surface area contributed by atoms with Crippen LogP contribution in [0, 0.1) is 5.92 Å². The van der Waals surface area contributed by atoms with Gasteiger partial charge in [-0.2, -0.15) is 0 Å². The van der Waals surface area contributed by atoms with E-state index in [1.807, 2.05) is 85.8 Å². The van der Waals surface area contributed by atoms with E-state index >= 15 is 0 Å². The van der Waals surface area contributed by atoms with Crippen LogP contribution in [0.5, 0.6) is 0 Å². The maximum absolute atomic E-state index is 14.0. The molecule has 236 valence electrons. The number of carbonyl (C=O) groups excluding carboxylic acids is 2. The molecule has 0 saturated carbocycles. The first kappa shape index (κ1) is 32.9. The van der Waals surface area contributed by atoms with Gasteiger partial charge in [0.1, 0.15) is 6.61 Å². The number of allylic oxidation sites excluding steroid dienone is 4. The second-order valence-corrected chi connectivity index (χ2v) is 13.3. The molecular weight excluding hydrogens is 584 g/mol. The summed E-state index contributed by atoms with van der Waals surface area (Å²) in [6, 6.07) is 18.5. The lowest BCUT2D eigenvalue weighted by atomic mass is 9.79. The Hall–Kier alpha value is -3.51. The van der Waals surface area contributed by atoms with Crippen LogP contribution >= 0.6 is 11.6 Å². The second-order valence-electron chi connectivity index (χ2n) is 12.8. The van der Waals surface area contributed by atoms with E-state index in [9.17, 15) is 9.59 Å². The van der Waals surface area contributed by atoms with Crippen LogP contribution in [0.25, 0.3) is 0 Å². The quantitative estimate of drug-likeness (QED) is 0.158. The van der Waals surface area contributed by atoms with Crippen molar-refractivity contribution in [1.82, 2.24) is 0 Å². The molecule has 5 nitrogen and oxygen atoms in total. The molecule has 1 spiro atoms. The van der Waals surface area contributed by atoms with Gasteiger partial charge in [0.2, 0.25) is 5.79 Å². The highest BCUT2D eigenvalue weighted by Crippen LogP contribution is 2.44. The molecule has 6 heteroatoms. The van der Waals surface area contributed by atoms with E-state index in [1.54, 1.807) is 0 Å². The summed E-state index contributed by atoms with van der Waals surface area (Å²) in [6.45, 7) is 10.2. The minimum absolute atomic E-state index is 0.0438. The first-order valence-corrected chi connectivity index (χ1v) is 16.1. The molecule has 0 bridgehead atoms. The van der Waals surface area contributed by atoms with E-state index in [-0.39, 0.29) is 30.8 Å². The van der Waals surface area contributed by atoms with Gasteiger partial charge in [-0.15, -0.1) is 0 Å². The van der Waals surface area contributed by atoms with Crippen LogP contribution < -0.4 is 0 Å². The standard InChI is InChI=1S/C39H43ClO5/c1-26(2)13-12-14-27(3)19-33-20-28(4)23-38(44-33)24-30(34-22-35(41)29(5)21-36(34)45-38)25-43-37(42)39(40,31-15-8-6-9-16-31)32-17-10-7-11-18-32/h6-11,13,15-19,21,23-24,33-34,36H,12,14,20,22,25H2,1-5H3/t33-,34-,36-,38+/m1/s1. The lowest BCUT2D eigenvalue weighted by molar-refractivity contribution is -0.225. The molecule has 0 fully saturated rings. The third-order valence-electron chi connectivity index (χ3n) is 8.70. The van der Waals surface area contributed by atoms with Crippen molar-refractivity contribution >= 4 is 23.4 Å². The zero-order chi connectivity index (χ0) is 32.2. The van der Waals surface area contributed by atoms with Crippen molar-refractivity contribution in [3.05, 3.63) is 130 Å². The van der Waals surface area contributed by atoms with Gasteiger partial charge in [0, 0.05) is 12.3 Å². The van der Waals surface area contributed by atoms with E-state index in [4.69, 9.17) is 25.8 Å². The Morgan fingerprint density at radius 2 is 1.62 bits per heavy atom. The van der Waals surface area contributed by atoms with Gasteiger partial charge in [0.15, 0.2) is 10.7 Å². The van der Waals surface area contributed by atoms with Crippen LogP contribution in [-0.4, -0.2) is 36.4 Å². The molecule has 1 aliphatic carbocycles. The molecule has 3 aliphatic rings. The number of esters is 1. The van der Waals surface area contributed by atoms with E-state index < -0.39 is 22.7 Å². The Morgan fingerprint density at radius 1 is 0.978 bits per heavy atom. The van der Waals surface area contributed by atoms with Crippen molar-refractivity contribution in [3.63, 3.8) is 0 Å². The monoisotopic (exact) mass is 626 g/mol. The largest absolute Gasteiger partial charge is 0.459 e. The maximum atomic E-state index is 14.0. The summed E-state index contributed by atoms with van der Waals surface area (Å²) >= 11 is 7.19. The number of alkyl halides is 1. The van der Waals surface area contributed by atoms with Crippen molar-refractivity contribution in [2.45, 2.75) is 83.2 Å². The maximum Gasteiger partial charge on any atom is 0.336 e. The van der Waals surface area contributed by atoms with E-state index in [0.717, 1.165) is 30.4 Å². The predicted octanol–water partition coefficient (Wildman–Crippen LogP) is 8.70. The highest BCUT2D eigenvalue weighted by molar-refractivity contribution is 6.36. The van der Waals surface area contributed by atoms with E-state index in [2.05, 4.69) is 39.8 Å². The van der Waals surface area contributed by atoms with Crippen molar-refractivity contribution < 1.29 is 23.8 Å². The molecule has 2 aromatic rings. The Bertz CT molecular complexity index is 1520. The van der Waals surface area contributed by atoms with Crippen LogP contribution in [0.4, 0.5) is 0 Å². The third kappa shape index (κ3) is 7.49. The smallest absolute Gasteiger partial charge is 0.336 e. The third-order valence-corrected chi connectivity index (χ3v) is 9.29. The number of carbonyl (C=O) groups is 2. The lowest BCUT2D eigenvalue weighted by Gasteiger charge is -2.45. The molecule has 45 heavy (non-hydrogen) atoms. The Labute approximate surface area is 272 Å². The molecule has 2 aromatic carbocycles. The van der Waals surface area contributed by atoms with Crippen molar-refractivity contribution in [1.29, 1.82) is 0 Å². The van der Waals surface area contributed by atoms with E-state index in [1.165, 1.54) is 11.1 Å². The predicted molar refractivity (Wildman–Crippen MR) is 179 cm³/mol. The number of Topliss-reactive ketones (excluding diaryl/α,β-unsaturated/α-hetero) is 1. The van der Waals surface area contributed by atoms with Gasteiger partial charge in [-0.1, -0.05) is 101 Å². The minimum atomic E-state index is -1.54. The molecule has 0 N–H and O–H groups in total. The van der Waals surface area contributed by atoms with Gasteiger partial charge in [-0.05, 0) is 94.4 Å². The van der Waals surface area contributed by atoms with Gasteiger partial charge in [0.05, 0.1) is 12.2 Å². The number of halogens is 1. The number of hydrogen-bond donors (Lipinski definition) is 0. The Kier molecular flexibility index (Phi) is 10.1. The highest BCUT2D eigenvalue weighted by Gasteiger charge is 2.47. The molecule has 2 heterocycles. The molecule has 0 unspecified atom stereocenters. The summed E-state index contributed by atoms with van der Waals surface area (Å²) < 4.78 is 19.4. The summed E-state index contributed by atoms with van der Waals surface area (Å²) in [5, 5.41) is 0. The highest BCUT2D eigenvalue weighted by atomic mass is 35.5. The summed E-state index contributed by atoms with van der Waals surface area (Å²) in [5.41, 5.74) is 6.40. The lowest BCUT2D eigenvalue weighted by Crippen LogP contribution is -2.49. The Balaban J connectivity index is 1.45. The number of rotatable bonds is 9. The van der Waals surface area contributed by atoms with Crippen LogP contribution in [-0.2, 0) is 28.7 Å². The second kappa shape index (κ2) is 13.9. The van der Waals surface area contributed by atoms with Crippen LogP contribution in [0.1, 0.15) is 71.4 Å². The summed E-state index contributed by atoms with van der Waals surface area (Å²) in [5.74, 6) is -1.97. The summed E-state index contributed by atoms with van der Waals surface area (Å²) in [4.78, 5) is 25.3. The molecule has 5 rings (SSSR count). The molecule has 0 amide bonds. The Morgan fingerprint density at radius 3 is 2.24 bits per heavy atom. The zero-order valence-electron chi connectivity index (χ0n) is 26.8. The van der Waals surface area contributed by atoms with Crippen LogP contribution in [0.15, 0.2) is 119 Å².